The maximum atomic E-state index is 12.1. The second-order valence-corrected chi connectivity index (χ2v) is 6.79. The number of nitrogens with one attached hydrogen (secondary N) is 1. The molecule has 0 unspecified atom stereocenters. The Bertz CT molecular complexity index is 685. The zero-order valence-corrected chi connectivity index (χ0v) is 14.9. The van der Waals surface area contributed by atoms with E-state index in [0.717, 1.165) is 31.7 Å². The summed E-state index contributed by atoms with van der Waals surface area (Å²) in [4.78, 5) is 14.7. The van der Waals surface area contributed by atoms with Crippen molar-refractivity contribution in [3.8, 4) is 0 Å². The summed E-state index contributed by atoms with van der Waals surface area (Å²) < 4.78 is 1.82. The molecular formula is C20H29N3O. The number of unbranched alkanes of at least 4 members (excludes halogenated alkanes) is 2. The minimum atomic E-state index is 0.0880. The van der Waals surface area contributed by atoms with E-state index in [1.807, 2.05) is 10.6 Å². The van der Waals surface area contributed by atoms with Crippen LogP contribution in [0, 0.1) is 0 Å². The van der Waals surface area contributed by atoms with Crippen LogP contribution in [-0.2, 0) is 0 Å². The summed E-state index contributed by atoms with van der Waals surface area (Å²) in [5, 5.41) is 4.68. The number of rotatable bonds is 6. The number of carbonyl (C=O) groups is 1. The first-order valence-electron chi connectivity index (χ1n) is 9.28. The predicted octanol–water partition coefficient (Wildman–Crippen LogP) is 3.83. The minimum Gasteiger partial charge on any atom is -0.314 e. The molecule has 1 aliphatic heterocycles. The first kappa shape index (κ1) is 17.2. The van der Waals surface area contributed by atoms with E-state index in [2.05, 4.69) is 41.5 Å². The van der Waals surface area contributed by atoms with Crippen molar-refractivity contribution in [2.24, 2.45) is 0 Å². The fourth-order valence-corrected chi connectivity index (χ4v) is 3.85. The van der Waals surface area contributed by atoms with Crippen LogP contribution in [0.5, 0.6) is 0 Å². The molecule has 1 aromatic heterocycles. The van der Waals surface area contributed by atoms with Gasteiger partial charge in [-0.1, -0.05) is 44.4 Å². The van der Waals surface area contributed by atoms with Crippen LogP contribution in [0.25, 0.3) is 10.9 Å². The van der Waals surface area contributed by atoms with Crippen LogP contribution in [0.1, 0.15) is 55.9 Å². The summed E-state index contributed by atoms with van der Waals surface area (Å²) in [6.45, 7) is 8.16. The van der Waals surface area contributed by atoms with E-state index in [4.69, 9.17) is 0 Å². The van der Waals surface area contributed by atoms with Gasteiger partial charge in [0.2, 0.25) is 5.91 Å². The molecule has 24 heavy (non-hydrogen) atoms. The van der Waals surface area contributed by atoms with E-state index >= 15 is 0 Å². The quantitative estimate of drug-likeness (QED) is 0.819. The van der Waals surface area contributed by atoms with Gasteiger partial charge in [-0.15, -0.1) is 0 Å². The van der Waals surface area contributed by atoms with Gasteiger partial charge in [-0.25, -0.2) is 0 Å². The molecule has 4 heteroatoms. The molecule has 1 fully saturated rings. The smallest absolute Gasteiger partial charge is 0.227 e. The molecule has 2 heterocycles. The lowest BCUT2D eigenvalue weighted by Crippen LogP contribution is -2.45. The van der Waals surface area contributed by atoms with Crippen LogP contribution in [-0.4, -0.2) is 41.6 Å². The van der Waals surface area contributed by atoms with E-state index in [-0.39, 0.29) is 5.91 Å². The van der Waals surface area contributed by atoms with Crippen LogP contribution in [0.2, 0.25) is 0 Å². The van der Waals surface area contributed by atoms with E-state index in [9.17, 15) is 4.79 Å². The zero-order chi connectivity index (χ0) is 16.9. The monoisotopic (exact) mass is 327 g/mol. The SMILES string of the molecule is CCCCC[C@@H](c1cn(C(C)=O)c2ccccc12)N1CCNCC1. The fraction of sp³-hybridized carbons (Fsp3) is 0.550. The number of hydrogen-bond acceptors (Lipinski definition) is 3. The number of nitrogens with zero attached hydrogens (tertiary/aromatic N) is 2. The van der Waals surface area contributed by atoms with Gasteiger partial charge in [0.05, 0.1) is 5.52 Å². The van der Waals surface area contributed by atoms with Gasteiger partial charge in [0.1, 0.15) is 0 Å². The second kappa shape index (κ2) is 7.95. The van der Waals surface area contributed by atoms with E-state index in [1.165, 1.54) is 36.6 Å². The second-order valence-electron chi connectivity index (χ2n) is 6.79. The topological polar surface area (TPSA) is 37.3 Å². The summed E-state index contributed by atoms with van der Waals surface area (Å²) in [6, 6.07) is 8.73. The summed E-state index contributed by atoms with van der Waals surface area (Å²) in [7, 11) is 0. The van der Waals surface area contributed by atoms with E-state index in [0.29, 0.717) is 6.04 Å². The van der Waals surface area contributed by atoms with Crippen LogP contribution in [0.3, 0.4) is 0 Å². The van der Waals surface area contributed by atoms with Gasteiger partial charge >= 0.3 is 0 Å². The molecule has 0 bridgehead atoms. The summed E-state index contributed by atoms with van der Waals surface area (Å²) in [5.41, 5.74) is 2.36. The lowest BCUT2D eigenvalue weighted by molar-refractivity contribution is 0.0941. The molecule has 1 N–H and O–H groups in total. The molecule has 2 aromatic rings. The zero-order valence-electron chi connectivity index (χ0n) is 14.9. The Kier molecular flexibility index (Phi) is 5.69. The van der Waals surface area contributed by atoms with Crippen molar-refractivity contribution in [2.45, 2.75) is 45.6 Å². The fourth-order valence-electron chi connectivity index (χ4n) is 3.85. The van der Waals surface area contributed by atoms with Crippen LogP contribution in [0.15, 0.2) is 30.5 Å². The standard InChI is InChI=1S/C20H29N3O/c1-3-4-5-9-19(22-13-11-21-12-14-22)18-15-23(16(2)24)20-10-7-6-8-17(18)20/h6-8,10,15,19,21H,3-5,9,11-14H2,1-2H3/t19-/m0/s1. The van der Waals surface area contributed by atoms with E-state index in [1.54, 1.807) is 6.92 Å². The molecule has 1 atom stereocenters. The normalized spacial score (nSPS) is 17.2. The van der Waals surface area contributed by atoms with Gasteiger partial charge in [-0.05, 0) is 18.1 Å². The van der Waals surface area contributed by atoms with Gasteiger partial charge in [0, 0.05) is 50.7 Å². The maximum Gasteiger partial charge on any atom is 0.227 e. The molecule has 4 nitrogen and oxygen atoms in total. The summed E-state index contributed by atoms with van der Waals surface area (Å²) in [6.07, 6.45) is 7.01. The number of benzene rings is 1. The van der Waals surface area contributed by atoms with Gasteiger partial charge in [-0.3, -0.25) is 14.3 Å². The number of fused-ring (bicyclic) bond motifs is 1. The first-order valence-corrected chi connectivity index (χ1v) is 9.28. The average molecular weight is 327 g/mol. The van der Waals surface area contributed by atoms with Crippen molar-refractivity contribution in [3.05, 3.63) is 36.0 Å². The molecule has 3 rings (SSSR count). The molecule has 0 saturated carbocycles. The Morgan fingerprint density at radius 2 is 1.96 bits per heavy atom. The molecule has 0 radical (unpaired) electrons. The first-order chi connectivity index (χ1) is 11.7. The Hall–Kier alpha value is -1.65. The third-order valence-corrected chi connectivity index (χ3v) is 5.11. The molecular weight excluding hydrogens is 298 g/mol. The Balaban J connectivity index is 1.99. The molecule has 0 aliphatic carbocycles. The molecule has 1 aromatic carbocycles. The Morgan fingerprint density at radius 3 is 2.67 bits per heavy atom. The van der Waals surface area contributed by atoms with Gasteiger partial charge in [-0.2, -0.15) is 0 Å². The largest absolute Gasteiger partial charge is 0.314 e. The van der Waals surface area contributed by atoms with E-state index < -0.39 is 0 Å². The van der Waals surface area contributed by atoms with Crippen molar-refractivity contribution in [1.29, 1.82) is 0 Å². The lowest BCUT2D eigenvalue weighted by Gasteiger charge is -2.35. The Morgan fingerprint density at radius 1 is 1.21 bits per heavy atom. The molecule has 0 spiro atoms. The third kappa shape index (κ3) is 3.55. The molecule has 1 aliphatic rings. The molecule has 130 valence electrons. The van der Waals surface area contributed by atoms with Crippen LogP contribution < -0.4 is 5.32 Å². The number of piperazine rings is 1. The van der Waals surface area contributed by atoms with Crippen molar-refractivity contribution >= 4 is 16.8 Å². The minimum absolute atomic E-state index is 0.0880. The van der Waals surface area contributed by atoms with Crippen molar-refractivity contribution in [1.82, 2.24) is 14.8 Å². The summed E-state index contributed by atoms with van der Waals surface area (Å²) >= 11 is 0. The van der Waals surface area contributed by atoms with Crippen LogP contribution in [0.4, 0.5) is 0 Å². The highest BCUT2D eigenvalue weighted by atomic mass is 16.1. The van der Waals surface area contributed by atoms with Crippen molar-refractivity contribution in [2.75, 3.05) is 26.2 Å². The van der Waals surface area contributed by atoms with Crippen molar-refractivity contribution in [3.63, 3.8) is 0 Å². The highest BCUT2D eigenvalue weighted by Crippen LogP contribution is 2.34. The van der Waals surface area contributed by atoms with Crippen LogP contribution >= 0.6 is 0 Å². The maximum absolute atomic E-state index is 12.1. The van der Waals surface area contributed by atoms with Crippen molar-refractivity contribution < 1.29 is 4.79 Å². The molecule has 1 saturated heterocycles. The third-order valence-electron chi connectivity index (χ3n) is 5.11. The number of para-hydroxylation sites is 1. The van der Waals surface area contributed by atoms with Gasteiger partial charge in [0.25, 0.3) is 0 Å². The predicted molar refractivity (Wildman–Crippen MR) is 99.6 cm³/mol. The number of aromatic nitrogens is 1. The number of hydrogen-bond donors (Lipinski definition) is 1. The van der Waals surface area contributed by atoms with Gasteiger partial charge < -0.3 is 5.32 Å². The number of carbonyl (C=O) groups excluding carboxylic acids is 1. The van der Waals surface area contributed by atoms with Gasteiger partial charge in [0.15, 0.2) is 0 Å². The highest BCUT2D eigenvalue weighted by molar-refractivity contribution is 5.93. The highest BCUT2D eigenvalue weighted by Gasteiger charge is 2.25. The molecule has 0 amide bonds. The lowest BCUT2D eigenvalue weighted by atomic mass is 9.97. The Labute approximate surface area is 144 Å². The average Bonchev–Trinajstić information content (AvgIpc) is 2.99. The summed E-state index contributed by atoms with van der Waals surface area (Å²) in [5.74, 6) is 0.0880.